The quantitative estimate of drug-likeness (QED) is 0.266. The Morgan fingerprint density at radius 2 is 1.43 bits per heavy atom. The molecule has 3 nitrogen and oxygen atoms in total. The molecule has 0 radical (unpaired) electrons. The number of para-hydroxylation sites is 2. The lowest BCUT2D eigenvalue weighted by Gasteiger charge is -2.16. The Morgan fingerprint density at radius 1 is 0.657 bits per heavy atom. The number of fused-ring (bicyclic) bond motifs is 6. The molecule has 2 aromatic heterocycles. The van der Waals surface area contributed by atoms with Crippen LogP contribution in [0.1, 0.15) is 11.1 Å². The van der Waals surface area contributed by atoms with Crippen LogP contribution in [-0.2, 0) is 0 Å². The number of furan rings is 1. The van der Waals surface area contributed by atoms with E-state index in [1.165, 1.54) is 11.1 Å². The molecule has 0 amide bonds. The highest BCUT2D eigenvalue weighted by Gasteiger charge is 2.18. The lowest BCUT2D eigenvalue weighted by molar-refractivity contribution is 0.669. The largest absolute Gasteiger partial charge is 0.456 e. The first-order valence-corrected chi connectivity index (χ1v) is 11.7. The molecule has 0 fully saturated rings. The molecule has 0 spiro atoms. The van der Waals surface area contributed by atoms with Crippen molar-refractivity contribution in [1.82, 2.24) is 4.57 Å². The Labute approximate surface area is 202 Å². The minimum absolute atomic E-state index is 0.669. The van der Waals surface area contributed by atoms with Gasteiger partial charge >= 0.3 is 0 Å². The molecule has 0 aliphatic carbocycles. The Hall–Kier alpha value is -4.81. The van der Waals surface area contributed by atoms with E-state index < -0.39 is 0 Å². The van der Waals surface area contributed by atoms with Gasteiger partial charge in [0.2, 0.25) is 0 Å². The highest BCUT2D eigenvalue weighted by molar-refractivity contribution is 6.11. The molecule has 35 heavy (non-hydrogen) atoms. The maximum Gasteiger partial charge on any atom is 0.135 e. The molecule has 7 rings (SSSR count). The third kappa shape index (κ3) is 2.84. The Bertz CT molecular complexity index is 1980. The standard InChI is InChI=1S/C32H20N2O/c1-20-7-6-11-29(32(20)22-14-16-31-26(18-22)24-9-3-5-12-30(24)35-31)34-27-10-4-2-8-23(27)25-17-21(19-33)13-15-28(25)34/h2-18H,1H3. The maximum absolute atomic E-state index is 9.50. The number of benzene rings is 5. The van der Waals surface area contributed by atoms with Gasteiger partial charge in [0, 0.05) is 27.1 Å². The lowest BCUT2D eigenvalue weighted by atomic mass is 9.96. The van der Waals surface area contributed by atoms with Crippen molar-refractivity contribution in [2.24, 2.45) is 0 Å². The molecule has 5 aromatic carbocycles. The lowest BCUT2D eigenvalue weighted by Crippen LogP contribution is -1.99. The molecule has 0 saturated carbocycles. The minimum Gasteiger partial charge on any atom is -0.456 e. The molecular formula is C32H20N2O. The fraction of sp³-hybridized carbons (Fsp3) is 0.0312. The first kappa shape index (κ1) is 19.6. The number of nitrogens with zero attached hydrogens (tertiary/aromatic N) is 2. The van der Waals surface area contributed by atoms with E-state index in [1.54, 1.807) is 0 Å². The molecule has 0 bridgehead atoms. The van der Waals surface area contributed by atoms with Crippen LogP contribution in [0.4, 0.5) is 0 Å². The highest BCUT2D eigenvalue weighted by atomic mass is 16.3. The van der Waals surface area contributed by atoms with Gasteiger partial charge in [-0.1, -0.05) is 54.6 Å². The number of aromatic nitrogens is 1. The van der Waals surface area contributed by atoms with E-state index >= 15 is 0 Å². The summed E-state index contributed by atoms with van der Waals surface area (Å²) in [6.07, 6.45) is 0. The van der Waals surface area contributed by atoms with E-state index in [4.69, 9.17) is 4.42 Å². The van der Waals surface area contributed by atoms with Gasteiger partial charge in [0.25, 0.3) is 0 Å². The van der Waals surface area contributed by atoms with E-state index in [2.05, 4.69) is 96.4 Å². The van der Waals surface area contributed by atoms with Gasteiger partial charge in [-0.15, -0.1) is 0 Å². The van der Waals surface area contributed by atoms with Crippen molar-refractivity contribution in [1.29, 1.82) is 5.26 Å². The van der Waals surface area contributed by atoms with Crippen molar-refractivity contribution in [3.63, 3.8) is 0 Å². The smallest absolute Gasteiger partial charge is 0.135 e. The summed E-state index contributed by atoms with van der Waals surface area (Å²) in [4.78, 5) is 0. The summed E-state index contributed by atoms with van der Waals surface area (Å²) in [5.74, 6) is 0. The molecule has 7 aromatic rings. The van der Waals surface area contributed by atoms with E-state index in [0.717, 1.165) is 55.0 Å². The van der Waals surface area contributed by atoms with Crippen LogP contribution in [0.5, 0.6) is 0 Å². The molecule has 0 aliphatic rings. The van der Waals surface area contributed by atoms with Crippen LogP contribution in [0.3, 0.4) is 0 Å². The summed E-state index contributed by atoms with van der Waals surface area (Å²) < 4.78 is 8.41. The van der Waals surface area contributed by atoms with Crippen molar-refractivity contribution >= 4 is 43.7 Å². The van der Waals surface area contributed by atoms with Gasteiger partial charge in [-0.05, 0) is 66.6 Å². The Morgan fingerprint density at radius 3 is 2.31 bits per heavy atom. The van der Waals surface area contributed by atoms with E-state index in [0.29, 0.717) is 5.56 Å². The molecule has 0 atom stereocenters. The van der Waals surface area contributed by atoms with Crippen molar-refractivity contribution in [3.05, 3.63) is 114 Å². The Balaban J connectivity index is 1.57. The van der Waals surface area contributed by atoms with Crippen molar-refractivity contribution in [2.75, 3.05) is 0 Å². The number of nitriles is 1. The maximum atomic E-state index is 9.50. The molecular weight excluding hydrogens is 428 g/mol. The summed E-state index contributed by atoms with van der Waals surface area (Å²) in [6, 6.07) is 37.8. The zero-order chi connectivity index (χ0) is 23.5. The van der Waals surface area contributed by atoms with Crippen LogP contribution in [0, 0.1) is 18.3 Å². The van der Waals surface area contributed by atoms with Crippen molar-refractivity contribution < 1.29 is 4.42 Å². The van der Waals surface area contributed by atoms with E-state index in [-0.39, 0.29) is 0 Å². The molecule has 2 heterocycles. The molecule has 3 heteroatoms. The molecule has 164 valence electrons. The predicted molar refractivity (Wildman–Crippen MR) is 143 cm³/mol. The normalized spacial score (nSPS) is 11.5. The minimum atomic E-state index is 0.669. The summed E-state index contributed by atoms with van der Waals surface area (Å²) in [5, 5.41) is 14.0. The Kier molecular flexibility index (Phi) is 4.12. The summed E-state index contributed by atoms with van der Waals surface area (Å²) in [5.41, 5.74) is 9.34. The molecule has 0 saturated heterocycles. The molecule has 0 unspecified atom stereocenters. The van der Waals surface area contributed by atoms with E-state index in [9.17, 15) is 5.26 Å². The zero-order valence-corrected chi connectivity index (χ0v) is 19.1. The van der Waals surface area contributed by atoms with Gasteiger partial charge in [0.1, 0.15) is 11.2 Å². The summed E-state index contributed by atoms with van der Waals surface area (Å²) >= 11 is 0. The van der Waals surface area contributed by atoms with Crippen LogP contribution in [0.2, 0.25) is 0 Å². The average molecular weight is 449 g/mol. The van der Waals surface area contributed by atoms with Crippen LogP contribution in [0.15, 0.2) is 108 Å². The molecule has 0 aliphatic heterocycles. The second-order valence-electron chi connectivity index (χ2n) is 8.97. The van der Waals surface area contributed by atoms with Crippen LogP contribution < -0.4 is 0 Å². The second kappa shape index (κ2) is 7.35. The number of rotatable bonds is 2. The second-order valence-corrected chi connectivity index (χ2v) is 8.97. The van der Waals surface area contributed by atoms with E-state index in [1.807, 2.05) is 24.3 Å². The fourth-order valence-electron chi connectivity index (χ4n) is 5.40. The van der Waals surface area contributed by atoms with Gasteiger partial charge in [0.15, 0.2) is 0 Å². The van der Waals surface area contributed by atoms with Crippen molar-refractivity contribution in [2.45, 2.75) is 6.92 Å². The molecule has 0 N–H and O–H groups in total. The SMILES string of the molecule is Cc1cccc(-n2c3ccccc3c3cc(C#N)ccc32)c1-c1ccc2oc3ccccc3c2c1. The third-order valence-electron chi connectivity index (χ3n) is 6.96. The summed E-state index contributed by atoms with van der Waals surface area (Å²) in [6.45, 7) is 2.16. The number of aryl methyl sites for hydroxylation is 1. The fourth-order valence-corrected chi connectivity index (χ4v) is 5.40. The van der Waals surface area contributed by atoms with Gasteiger partial charge in [-0.3, -0.25) is 0 Å². The number of hydrogen-bond donors (Lipinski definition) is 0. The van der Waals surface area contributed by atoms with Crippen LogP contribution >= 0.6 is 0 Å². The van der Waals surface area contributed by atoms with Crippen LogP contribution in [0.25, 0.3) is 60.6 Å². The summed E-state index contributed by atoms with van der Waals surface area (Å²) in [7, 11) is 0. The van der Waals surface area contributed by atoms with Gasteiger partial charge in [0.05, 0.1) is 28.4 Å². The third-order valence-corrected chi connectivity index (χ3v) is 6.96. The van der Waals surface area contributed by atoms with Gasteiger partial charge in [-0.25, -0.2) is 0 Å². The van der Waals surface area contributed by atoms with Gasteiger partial charge < -0.3 is 8.98 Å². The zero-order valence-electron chi connectivity index (χ0n) is 19.1. The average Bonchev–Trinajstić information content (AvgIpc) is 3.43. The highest BCUT2D eigenvalue weighted by Crippen LogP contribution is 2.39. The van der Waals surface area contributed by atoms with Crippen molar-refractivity contribution in [3.8, 4) is 22.9 Å². The monoisotopic (exact) mass is 448 g/mol. The first-order valence-electron chi connectivity index (χ1n) is 11.7. The van der Waals surface area contributed by atoms with Gasteiger partial charge in [-0.2, -0.15) is 5.26 Å². The topological polar surface area (TPSA) is 41.9 Å². The van der Waals surface area contributed by atoms with Crippen LogP contribution in [-0.4, -0.2) is 4.57 Å². The predicted octanol–water partition coefficient (Wildman–Crippen LogP) is 8.53. The first-order chi connectivity index (χ1) is 17.2. The number of hydrogen-bond acceptors (Lipinski definition) is 2.